The van der Waals surface area contributed by atoms with E-state index in [9.17, 15) is 9.90 Å². The Labute approximate surface area is 176 Å². The Morgan fingerprint density at radius 3 is 2.08 bits per heavy atom. The van der Waals surface area contributed by atoms with Gasteiger partial charge in [-0.1, -0.05) is 49.7 Å². The number of ether oxygens (including phenoxy) is 1. The molecule has 0 aromatic heterocycles. The van der Waals surface area contributed by atoms with Crippen LogP contribution in [0.2, 0.25) is 0 Å². The molecule has 0 fully saturated rings. The minimum absolute atomic E-state index is 0. The molecule has 0 saturated carbocycles. The number of carbonyl (C=O) groups excluding carboxylic acids is 1. The van der Waals surface area contributed by atoms with Gasteiger partial charge < -0.3 is 47.1 Å². The Morgan fingerprint density at radius 1 is 0.958 bits per heavy atom. The molecule has 1 radical (unpaired) electrons. The van der Waals surface area contributed by atoms with Crippen molar-refractivity contribution < 1.29 is 73.6 Å². The third-order valence-electron chi connectivity index (χ3n) is 3.04. The predicted molar refractivity (Wildman–Crippen MR) is 78.7 cm³/mol. The van der Waals surface area contributed by atoms with E-state index >= 15 is 0 Å². The quantitative estimate of drug-likeness (QED) is 0.298. The number of aromatic hydroxyl groups is 1. The van der Waals surface area contributed by atoms with Gasteiger partial charge in [-0.15, -0.1) is 0 Å². The Morgan fingerprint density at radius 2 is 1.50 bits per heavy atom. The molecule has 0 atom stereocenters. The van der Waals surface area contributed by atoms with E-state index in [2.05, 4.69) is 0 Å². The molecule has 0 spiro atoms. The molecule has 2 rings (SSSR count). The fourth-order valence-electron chi connectivity index (χ4n) is 1.97. The van der Waals surface area contributed by atoms with Crippen LogP contribution in [-0.2, 0) is 26.5 Å². The van der Waals surface area contributed by atoms with Gasteiger partial charge in [-0.3, -0.25) is 4.79 Å². The van der Waals surface area contributed by atoms with Crippen LogP contribution >= 0.6 is 0 Å². The fourth-order valence-corrected chi connectivity index (χ4v) is 1.97. The molecule has 0 saturated heterocycles. The molecule has 0 unspecified atom stereocenters. The number of hydrogen-bond acceptors (Lipinski definition) is 3. The van der Waals surface area contributed by atoms with Gasteiger partial charge in [0, 0.05) is 17.5 Å². The summed E-state index contributed by atoms with van der Waals surface area (Å²) in [6.07, 6.45) is 2.18. The zero-order chi connectivity index (χ0) is 14.4. The fraction of sp³-hybridized carbons (Fsp3) is 0.235. The van der Waals surface area contributed by atoms with Crippen LogP contribution in [0.4, 0.5) is 0 Å². The minimum Gasteiger partial charge on any atom is -1.00 e. The van der Waals surface area contributed by atoms with Crippen molar-refractivity contribution in [2.75, 3.05) is 0 Å². The van der Waals surface area contributed by atoms with E-state index in [0.29, 0.717) is 17.7 Å². The third-order valence-corrected chi connectivity index (χ3v) is 3.04. The molecule has 0 aliphatic heterocycles. The molecular weight excluding hydrogens is 406 g/mol. The zero-order valence-corrected chi connectivity index (χ0v) is 17.0. The van der Waals surface area contributed by atoms with Crippen molar-refractivity contribution in [3.8, 4) is 22.6 Å². The molecule has 3 nitrogen and oxygen atoms in total. The molecule has 0 aliphatic rings. The number of phenols is 1. The summed E-state index contributed by atoms with van der Waals surface area (Å²) < 4.78 is 5.41. The van der Waals surface area contributed by atoms with Crippen molar-refractivity contribution in [1.82, 2.24) is 0 Å². The van der Waals surface area contributed by atoms with E-state index in [1.807, 2.05) is 31.2 Å². The number of esters is 1. The van der Waals surface area contributed by atoms with Gasteiger partial charge in [0.2, 0.25) is 0 Å². The van der Waals surface area contributed by atoms with E-state index in [1.165, 1.54) is 0 Å². The second kappa shape index (κ2) is 14.6. The Bertz CT molecular complexity index is 609. The molecule has 0 amide bonds. The van der Waals surface area contributed by atoms with E-state index < -0.39 is 0 Å². The molecule has 0 heterocycles. The topological polar surface area (TPSA) is 46.5 Å². The Balaban J connectivity index is -0.00000110. The number of halogens is 3. The van der Waals surface area contributed by atoms with Gasteiger partial charge >= 0.3 is 27.7 Å². The number of hydrogen-bond donors (Lipinski definition) is 1. The summed E-state index contributed by atoms with van der Waals surface area (Å²) in [5.41, 5.74) is 1.38. The molecule has 0 aliphatic carbocycles. The normalized spacial score (nSPS) is 8.54. The monoisotopic (exact) mass is 423 g/mol. The SMILES string of the molecule is CCCCC(=O)Oc1ccccc1-c1ccccc1O.[Cl-].[Cl-].[Cl-].[Ti+3]. The summed E-state index contributed by atoms with van der Waals surface area (Å²) in [4.78, 5) is 11.8. The molecular formula is C17H18Cl3O3Ti. The van der Waals surface area contributed by atoms with Gasteiger partial charge in [0.25, 0.3) is 0 Å². The zero-order valence-electron chi connectivity index (χ0n) is 13.1. The van der Waals surface area contributed by atoms with Gasteiger partial charge in [0.15, 0.2) is 0 Å². The van der Waals surface area contributed by atoms with Crippen LogP contribution in [0.1, 0.15) is 26.2 Å². The van der Waals surface area contributed by atoms with E-state index in [1.54, 1.807) is 24.3 Å². The van der Waals surface area contributed by atoms with Crippen molar-refractivity contribution >= 4 is 5.97 Å². The van der Waals surface area contributed by atoms with Crippen LogP contribution < -0.4 is 42.0 Å². The molecule has 129 valence electrons. The second-order valence-corrected chi connectivity index (χ2v) is 4.59. The Hall–Kier alpha value is -0.706. The first kappa shape index (κ1) is 28.1. The van der Waals surface area contributed by atoms with E-state index in [4.69, 9.17) is 4.74 Å². The van der Waals surface area contributed by atoms with Crippen molar-refractivity contribution in [3.05, 3.63) is 48.5 Å². The maximum Gasteiger partial charge on any atom is 3.00 e. The third kappa shape index (κ3) is 7.91. The predicted octanol–water partition coefficient (Wildman–Crippen LogP) is -4.84. The molecule has 2 aromatic rings. The van der Waals surface area contributed by atoms with Crippen LogP contribution in [0.3, 0.4) is 0 Å². The van der Waals surface area contributed by atoms with E-state index in [-0.39, 0.29) is 70.7 Å². The van der Waals surface area contributed by atoms with Gasteiger partial charge in [0.05, 0.1) is 0 Å². The average molecular weight is 425 g/mol. The largest absolute Gasteiger partial charge is 3.00 e. The molecule has 24 heavy (non-hydrogen) atoms. The smallest absolute Gasteiger partial charge is 1.00 e. The number of benzene rings is 2. The standard InChI is InChI=1S/C17H18O3.3ClH.Ti/c1-2-3-12-17(19)20-16-11-7-5-9-14(16)13-8-4-6-10-15(13)18;;;;/h4-11,18H,2-3,12H2,1H3;3*1H;/q;;;;+3/p-3. The van der Waals surface area contributed by atoms with Crippen molar-refractivity contribution in [2.45, 2.75) is 26.2 Å². The van der Waals surface area contributed by atoms with Gasteiger partial charge in [0.1, 0.15) is 11.5 Å². The van der Waals surface area contributed by atoms with E-state index in [0.717, 1.165) is 18.4 Å². The number of rotatable bonds is 5. The first-order chi connectivity index (χ1) is 9.72. The number of para-hydroxylation sites is 2. The summed E-state index contributed by atoms with van der Waals surface area (Å²) >= 11 is 0. The van der Waals surface area contributed by atoms with Gasteiger partial charge in [-0.25, -0.2) is 0 Å². The summed E-state index contributed by atoms with van der Waals surface area (Å²) in [6.45, 7) is 2.03. The molecule has 1 N–H and O–H groups in total. The van der Waals surface area contributed by atoms with Crippen molar-refractivity contribution in [1.29, 1.82) is 0 Å². The number of unbranched alkanes of at least 4 members (excludes halogenated alkanes) is 1. The average Bonchev–Trinajstić information content (AvgIpc) is 2.46. The molecule has 2 aromatic carbocycles. The van der Waals surface area contributed by atoms with Crippen LogP contribution in [0.5, 0.6) is 11.5 Å². The first-order valence-electron chi connectivity index (χ1n) is 6.80. The maximum absolute atomic E-state index is 11.8. The molecule has 7 heteroatoms. The summed E-state index contributed by atoms with van der Waals surface area (Å²) in [5.74, 6) is 0.411. The molecule has 0 bridgehead atoms. The first-order valence-corrected chi connectivity index (χ1v) is 6.80. The second-order valence-electron chi connectivity index (χ2n) is 4.59. The van der Waals surface area contributed by atoms with Crippen LogP contribution in [0.15, 0.2) is 48.5 Å². The summed E-state index contributed by atoms with van der Waals surface area (Å²) in [7, 11) is 0. The maximum atomic E-state index is 11.8. The van der Waals surface area contributed by atoms with Crippen molar-refractivity contribution in [3.63, 3.8) is 0 Å². The van der Waals surface area contributed by atoms with Crippen LogP contribution in [0.25, 0.3) is 11.1 Å². The van der Waals surface area contributed by atoms with Gasteiger partial charge in [-0.05, 0) is 18.6 Å². The van der Waals surface area contributed by atoms with Crippen molar-refractivity contribution in [2.24, 2.45) is 0 Å². The minimum atomic E-state index is -0.241. The van der Waals surface area contributed by atoms with Crippen LogP contribution in [0, 0.1) is 0 Å². The summed E-state index contributed by atoms with van der Waals surface area (Å²) in [6, 6.07) is 14.2. The Kier molecular flexibility index (Phi) is 17.1. The number of phenolic OH excluding ortho intramolecular Hbond substituents is 1. The van der Waals surface area contributed by atoms with Gasteiger partial charge in [-0.2, -0.15) is 0 Å². The summed E-state index contributed by atoms with van der Waals surface area (Å²) in [5, 5.41) is 9.92. The van der Waals surface area contributed by atoms with Crippen LogP contribution in [-0.4, -0.2) is 11.1 Å². The number of carbonyl (C=O) groups is 1.